The van der Waals surface area contributed by atoms with Crippen molar-refractivity contribution < 1.29 is 9.63 Å². The number of phenolic OH excluding ortho intramolecular Hbond substituents is 1. The third-order valence-corrected chi connectivity index (χ3v) is 3.36. The summed E-state index contributed by atoms with van der Waals surface area (Å²) in [4.78, 5) is 8.31. The first-order valence-corrected chi connectivity index (χ1v) is 6.69. The lowest BCUT2D eigenvalue weighted by molar-refractivity contribution is 0.425. The van der Waals surface area contributed by atoms with Crippen LogP contribution in [0.1, 0.15) is 0 Å². The van der Waals surface area contributed by atoms with E-state index in [2.05, 4.69) is 31.1 Å². The van der Waals surface area contributed by atoms with E-state index in [0.717, 1.165) is 4.47 Å². The average molecular weight is 324 g/mol. The van der Waals surface area contributed by atoms with Crippen molar-refractivity contribution in [3.05, 3.63) is 33.6 Å². The summed E-state index contributed by atoms with van der Waals surface area (Å²) in [6.45, 7) is 0. The monoisotopic (exact) mass is 323 g/mol. The molecule has 3 aromatic rings. The van der Waals surface area contributed by atoms with Gasteiger partial charge in [0.2, 0.25) is 5.82 Å². The molecule has 0 spiro atoms. The molecule has 0 radical (unpaired) electrons. The van der Waals surface area contributed by atoms with Crippen molar-refractivity contribution in [3.8, 4) is 28.7 Å². The van der Waals surface area contributed by atoms with E-state index >= 15 is 0 Å². The first kappa shape index (κ1) is 11.4. The molecule has 0 atom stereocenters. The summed E-state index contributed by atoms with van der Waals surface area (Å²) in [5.74, 6) is 0.758. The highest BCUT2D eigenvalue weighted by molar-refractivity contribution is 9.10. The van der Waals surface area contributed by atoms with Crippen LogP contribution in [0, 0.1) is 0 Å². The minimum absolute atomic E-state index is 0.0895. The van der Waals surface area contributed by atoms with Crippen LogP contribution in [0.3, 0.4) is 0 Å². The molecule has 90 valence electrons. The van der Waals surface area contributed by atoms with E-state index in [1.807, 2.05) is 5.38 Å². The number of hydrogen-bond acceptors (Lipinski definition) is 6. The molecule has 2 aromatic heterocycles. The second-order valence-corrected chi connectivity index (χ2v) is 5.09. The number of thiazole rings is 1. The Morgan fingerprint density at radius 2 is 2.22 bits per heavy atom. The highest BCUT2D eigenvalue weighted by atomic mass is 79.9. The van der Waals surface area contributed by atoms with Crippen LogP contribution >= 0.6 is 27.3 Å². The van der Waals surface area contributed by atoms with E-state index in [1.165, 1.54) is 11.3 Å². The number of aromatic hydroxyl groups is 1. The van der Waals surface area contributed by atoms with E-state index in [0.29, 0.717) is 17.1 Å². The first-order valence-electron chi connectivity index (χ1n) is 4.95. The van der Waals surface area contributed by atoms with Crippen LogP contribution in [0.15, 0.2) is 38.1 Å². The van der Waals surface area contributed by atoms with E-state index in [9.17, 15) is 5.11 Å². The molecule has 0 saturated carbocycles. The SMILES string of the molecule is Oc1ccc(Br)cc1-c1nc(-c2cscn2)no1. The Labute approximate surface area is 114 Å². The summed E-state index contributed by atoms with van der Waals surface area (Å²) in [6.07, 6.45) is 0. The number of nitrogens with zero attached hydrogens (tertiary/aromatic N) is 3. The predicted molar refractivity (Wildman–Crippen MR) is 70.2 cm³/mol. The fourth-order valence-electron chi connectivity index (χ4n) is 1.44. The van der Waals surface area contributed by atoms with Gasteiger partial charge in [-0.1, -0.05) is 21.1 Å². The Kier molecular flexibility index (Phi) is 2.85. The van der Waals surface area contributed by atoms with Crippen molar-refractivity contribution in [2.24, 2.45) is 0 Å². The molecule has 18 heavy (non-hydrogen) atoms. The van der Waals surface area contributed by atoms with Crippen LogP contribution in [-0.4, -0.2) is 20.2 Å². The predicted octanol–water partition coefficient (Wildman–Crippen LogP) is 3.33. The maximum absolute atomic E-state index is 9.77. The molecule has 0 amide bonds. The summed E-state index contributed by atoms with van der Waals surface area (Å²) in [6, 6.07) is 5.01. The summed E-state index contributed by atoms with van der Waals surface area (Å²) in [5, 5.41) is 15.4. The number of benzene rings is 1. The second kappa shape index (κ2) is 4.51. The molecule has 1 aromatic carbocycles. The Hall–Kier alpha value is -1.73. The van der Waals surface area contributed by atoms with E-state index in [-0.39, 0.29) is 11.6 Å². The molecular weight excluding hydrogens is 318 g/mol. The van der Waals surface area contributed by atoms with Gasteiger partial charge in [-0.05, 0) is 18.2 Å². The van der Waals surface area contributed by atoms with Crippen LogP contribution < -0.4 is 0 Å². The molecule has 0 aliphatic rings. The van der Waals surface area contributed by atoms with Crippen molar-refractivity contribution in [2.75, 3.05) is 0 Å². The van der Waals surface area contributed by atoms with Crippen molar-refractivity contribution in [2.45, 2.75) is 0 Å². The summed E-state index contributed by atoms with van der Waals surface area (Å²) in [7, 11) is 0. The van der Waals surface area contributed by atoms with Gasteiger partial charge in [0.1, 0.15) is 11.4 Å². The topological polar surface area (TPSA) is 72.0 Å². The van der Waals surface area contributed by atoms with Crippen LogP contribution in [0.5, 0.6) is 5.75 Å². The average Bonchev–Trinajstić information content (AvgIpc) is 3.00. The fraction of sp³-hybridized carbons (Fsp3) is 0. The zero-order valence-electron chi connectivity index (χ0n) is 8.87. The molecule has 0 fully saturated rings. The number of halogens is 1. The number of phenols is 1. The highest BCUT2D eigenvalue weighted by Gasteiger charge is 2.15. The third kappa shape index (κ3) is 2.02. The molecule has 0 saturated heterocycles. The number of rotatable bonds is 2. The molecule has 1 N–H and O–H groups in total. The van der Waals surface area contributed by atoms with E-state index < -0.39 is 0 Å². The van der Waals surface area contributed by atoms with E-state index in [4.69, 9.17) is 4.52 Å². The van der Waals surface area contributed by atoms with Crippen molar-refractivity contribution >= 4 is 27.3 Å². The Morgan fingerprint density at radius 1 is 1.33 bits per heavy atom. The maximum atomic E-state index is 9.77. The van der Waals surface area contributed by atoms with Crippen molar-refractivity contribution in [3.63, 3.8) is 0 Å². The highest BCUT2D eigenvalue weighted by Crippen LogP contribution is 2.31. The van der Waals surface area contributed by atoms with Gasteiger partial charge in [0.15, 0.2) is 0 Å². The normalized spacial score (nSPS) is 10.7. The second-order valence-electron chi connectivity index (χ2n) is 3.46. The van der Waals surface area contributed by atoms with Crippen LogP contribution in [0.25, 0.3) is 23.0 Å². The van der Waals surface area contributed by atoms with Gasteiger partial charge in [-0.25, -0.2) is 4.98 Å². The molecule has 5 nitrogen and oxygen atoms in total. The molecule has 0 aliphatic carbocycles. The van der Waals surface area contributed by atoms with Gasteiger partial charge in [-0.2, -0.15) is 4.98 Å². The maximum Gasteiger partial charge on any atom is 0.262 e. The van der Waals surface area contributed by atoms with Gasteiger partial charge in [-0.15, -0.1) is 11.3 Å². The standard InChI is InChI=1S/C11H6BrN3O2S/c12-6-1-2-9(16)7(3-6)11-14-10(15-17-11)8-4-18-5-13-8/h1-5,16H. The molecular formula is C11H6BrN3O2S. The summed E-state index contributed by atoms with van der Waals surface area (Å²) >= 11 is 4.78. The molecule has 2 heterocycles. The van der Waals surface area contributed by atoms with Gasteiger partial charge in [0.05, 0.1) is 11.1 Å². The number of aromatic nitrogens is 3. The first-order chi connectivity index (χ1) is 8.74. The smallest absolute Gasteiger partial charge is 0.262 e. The summed E-state index contributed by atoms with van der Waals surface area (Å²) in [5.41, 5.74) is 2.84. The van der Waals surface area contributed by atoms with Crippen LogP contribution in [0.2, 0.25) is 0 Å². The quantitative estimate of drug-likeness (QED) is 0.783. The van der Waals surface area contributed by atoms with Gasteiger partial charge >= 0.3 is 0 Å². The molecule has 0 aliphatic heterocycles. The fourth-order valence-corrected chi connectivity index (χ4v) is 2.33. The number of hydrogen-bond donors (Lipinski definition) is 1. The minimum atomic E-state index is 0.0895. The Morgan fingerprint density at radius 3 is 3.00 bits per heavy atom. The van der Waals surface area contributed by atoms with Crippen molar-refractivity contribution in [1.82, 2.24) is 15.1 Å². The Balaban J connectivity index is 2.05. The lowest BCUT2D eigenvalue weighted by atomic mass is 10.2. The lowest BCUT2D eigenvalue weighted by Crippen LogP contribution is -1.81. The largest absolute Gasteiger partial charge is 0.507 e. The minimum Gasteiger partial charge on any atom is -0.507 e. The van der Waals surface area contributed by atoms with Crippen LogP contribution in [-0.2, 0) is 0 Å². The summed E-state index contributed by atoms with van der Waals surface area (Å²) < 4.78 is 5.96. The molecule has 7 heteroatoms. The third-order valence-electron chi connectivity index (χ3n) is 2.28. The lowest BCUT2D eigenvalue weighted by Gasteiger charge is -1.98. The Bertz CT molecular complexity index is 681. The van der Waals surface area contributed by atoms with Crippen LogP contribution in [0.4, 0.5) is 0 Å². The molecule has 3 rings (SSSR count). The molecule has 0 unspecified atom stereocenters. The molecule has 0 bridgehead atoms. The van der Waals surface area contributed by atoms with Crippen molar-refractivity contribution in [1.29, 1.82) is 0 Å². The van der Waals surface area contributed by atoms with E-state index in [1.54, 1.807) is 23.7 Å². The van der Waals surface area contributed by atoms with Gasteiger partial charge < -0.3 is 9.63 Å². The van der Waals surface area contributed by atoms with Gasteiger partial charge in [0, 0.05) is 9.85 Å². The van der Waals surface area contributed by atoms with Gasteiger partial charge in [0.25, 0.3) is 5.89 Å². The van der Waals surface area contributed by atoms with Gasteiger partial charge in [-0.3, -0.25) is 0 Å². The zero-order valence-corrected chi connectivity index (χ0v) is 11.3. The zero-order chi connectivity index (χ0) is 12.5.